The van der Waals surface area contributed by atoms with E-state index in [0.29, 0.717) is 0 Å². The van der Waals surface area contributed by atoms with Gasteiger partial charge in [-0.3, -0.25) is 0 Å². The lowest BCUT2D eigenvalue weighted by atomic mass is 9.85. The predicted octanol–water partition coefficient (Wildman–Crippen LogP) is 3.05. The summed E-state index contributed by atoms with van der Waals surface area (Å²) in [6.45, 7) is 1.80. The Morgan fingerprint density at radius 1 is 0.875 bits per heavy atom. The van der Waals surface area contributed by atoms with Gasteiger partial charge in [-0.05, 0) is 19.1 Å². The molecule has 1 aliphatic rings. The third-order valence-electron chi connectivity index (χ3n) is 3.04. The molecule has 0 aromatic heterocycles. The molecule has 2 aromatic rings. The largest absolute Gasteiger partial charge is 0.457 e. The van der Waals surface area contributed by atoms with E-state index >= 15 is 0 Å². The first-order valence-corrected chi connectivity index (χ1v) is 5.29. The van der Waals surface area contributed by atoms with Gasteiger partial charge in [0.25, 0.3) is 0 Å². The minimum atomic E-state index is -0.981. The van der Waals surface area contributed by atoms with E-state index in [4.69, 9.17) is 4.74 Å². The minimum Gasteiger partial charge on any atom is -0.457 e. The molecule has 16 heavy (non-hydrogen) atoms. The van der Waals surface area contributed by atoms with Crippen LogP contribution in [0, 0.1) is 0 Å². The Bertz CT molecular complexity index is 496. The molecule has 2 aromatic carbocycles. The molecular weight excluding hydrogens is 200 g/mol. The average molecular weight is 212 g/mol. The molecule has 0 atom stereocenters. The Hall–Kier alpha value is -1.80. The van der Waals surface area contributed by atoms with Crippen molar-refractivity contribution in [2.45, 2.75) is 12.5 Å². The van der Waals surface area contributed by atoms with Crippen molar-refractivity contribution < 1.29 is 9.84 Å². The number of para-hydroxylation sites is 2. The number of hydrogen-bond acceptors (Lipinski definition) is 2. The van der Waals surface area contributed by atoms with Crippen LogP contribution in [0.25, 0.3) is 0 Å². The highest BCUT2D eigenvalue weighted by atomic mass is 16.5. The summed E-state index contributed by atoms with van der Waals surface area (Å²) in [5.41, 5.74) is 0.647. The molecule has 0 saturated heterocycles. The van der Waals surface area contributed by atoms with Crippen molar-refractivity contribution in [3.05, 3.63) is 59.7 Å². The van der Waals surface area contributed by atoms with E-state index in [-0.39, 0.29) is 0 Å². The van der Waals surface area contributed by atoms with Crippen LogP contribution in [-0.2, 0) is 5.60 Å². The number of rotatable bonds is 0. The Kier molecular flexibility index (Phi) is 1.82. The van der Waals surface area contributed by atoms with Crippen molar-refractivity contribution in [1.82, 2.24) is 0 Å². The van der Waals surface area contributed by atoms with Crippen molar-refractivity contribution in [2.75, 3.05) is 0 Å². The normalized spacial score (nSPS) is 15.9. The van der Waals surface area contributed by atoms with Crippen LogP contribution in [0.4, 0.5) is 0 Å². The first-order chi connectivity index (χ1) is 7.69. The van der Waals surface area contributed by atoms with Crippen LogP contribution in [0.1, 0.15) is 18.1 Å². The molecule has 1 aliphatic heterocycles. The van der Waals surface area contributed by atoms with Gasteiger partial charge in [0.2, 0.25) is 0 Å². The van der Waals surface area contributed by atoms with E-state index < -0.39 is 5.60 Å². The highest BCUT2D eigenvalue weighted by Gasteiger charge is 2.35. The molecule has 0 aliphatic carbocycles. The Balaban J connectivity index is 2.28. The second kappa shape index (κ2) is 3.09. The zero-order valence-corrected chi connectivity index (χ0v) is 8.97. The van der Waals surface area contributed by atoms with Crippen molar-refractivity contribution >= 4 is 0 Å². The van der Waals surface area contributed by atoms with Gasteiger partial charge in [-0.15, -0.1) is 0 Å². The lowest BCUT2D eigenvalue weighted by Gasteiger charge is -2.32. The van der Waals surface area contributed by atoms with Crippen molar-refractivity contribution in [3.63, 3.8) is 0 Å². The quantitative estimate of drug-likeness (QED) is 0.727. The Morgan fingerprint density at radius 3 is 1.81 bits per heavy atom. The summed E-state index contributed by atoms with van der Waals surface area (Å²) in [6.07, 6.45) is 0. The summed E-state index contributed by atoms with van der Waals surface area (Å²) in [5, 5.41) is 10.6. The molecule has 2 nitrogen and oxygen atoms in total. The van der Waals surface area contributed by atoms with E-state index in [0.717, 1.165) is 22.6 Å². The van der Waals surface area contributed by atoms with Gasteiger partial charge in [0.15, 0.2) is 0 Å². The van der Waals surface area contributed by atoms with Crippen LogP contribution in [0.15, 0.2) is 48.5 Å². The molecule has 1 heterocycles. The number of aliphatic hydroxyl groups is 1. The number of fused-ring (bicyclic) bond motifs is 2. The van der Waals surface area contributed by atoms with Gasteiger partial charge >= 0.3 is 0 Å². The monoisotopic (exact) mass is 212 g/mol. The van der Waals surface area contributed by atoms with Crippen LogP contribution in [-0.4, -0.2) is 5.11 Å². The summed E-state index contributed by atoms with van der Waals surface area (Å²) < 4.78 is 5.75. The lowest BCUT2D eigenvalue weighted by molar-refractivity contribution is 0.0901. The van der Waals surface area contributed by atoms with Crippen LogP contribution in [0.2, 0.25) is 0 Å². The van der Waals surface area contributed by atoms with Crippen LogP contribution < -0.4 is 4.74 Å². The molecule has 0 saturated carbocycles. The van der Waals surface area contributed by atoms with Gasteiger partial charge in [-0.1, -0.05) is 36.4 Å². The van der Waals surface area contributed by atoms with Gasteiger partial charge < -0.3 is 9.84 Å². The average Bonchev–Trinajstić information content (AvgIpc) is 2.29. The van der Waals surface area contributed by atoms with Gasteiger partial charge in [0, 0.05) is 11.1 Å². The number of benzene rings is 2. The maximum absolute atomic E-state index is 10.6. The second-order valence-corrected chi connectivity index (χ2v) is 4.17. The number of ether oxygens (including phenoxy) is 1. The van der Waals surface area contributed by atoms with Gasteiger partial charge in [0.05, 0.1) is 0 Å². The second-order valence-electron chi connectivity index (χ2n) is 4.17. The fourth-order valence-corrected chi connectivity index (χ4v) is 2.18. The molecule has 1 N–H and O–H groups in total. The van der Waals surface area contributed by atoms with Gasteiger partial charge in [-0.2, -0.15) is 0 Å². The fraction of sp³-hybridized carbons (Fsp3) is 0.143. The summed E-state index contributed by atoms with van der Waals surface area (Å²) in [6, 6.07) is 15.2. The standard InChI is InChI=1S/C14H12O2/c1-14(15)10-6-2-4-8-12(10)16-13-9-5-3-7-11(13)14/h2-9,15H,1H3. The van der Waals surface area contributed by atoms with Crippen molar-refractivity contribution in [3.8, 4) is 11.5 Å². The summed E-state index contributed by atoms with van der Waals surface area (Å²) in [5.74, 6) is 1.46. The predicted molar refractivity (Wildman–Crippen MR) is 61.6 cm³/mol. The molecule has 0 radical (unpaired) electrons. The molecule has 0 amide bonds. The topological polar surface area (TPSA) is 29.5 Å². The number of hydrogen-bond donors (Lipinski definition) is 1. The first kappa shape index (κ1) is 9.43. The lowest BCUT2D eigenvalue weighted by Crippen LogP contribution is -2.27. The maximum atomic E-state index is 10.6. The Morgan fingerprint density at radius 2 is 1.31 bits per heavy atom. The van der Waals surface area contributed by atoms with E-state index in [1.165, 1.54) is 0 Å². The molecule has 2 heteroatoms. The smallest absolute Gasteiger partial charge is 0.133 e. The third kappa shape index (κ3) is 1.17. The zero-order valence-electron chi connectivity index (χ0n) is 8.97. The van der Waals surface area contributed by atoms with E-state index in [2.05, 4.69) is 0 Å². The summed E-state index contributed by atoms with van der Waals surface area (Å²) >= 11 is 0. The van der Waals surface area contributed by atoms with Crippen molar-refractivity contribution in [2.24, 2.45) is 0 Å². The van der Waals surface area contributed by atoms with E-state index in [1.54, 1.807) is 6.92 Å². The molecule has 0 bridgehead atoms. The fourth-order valence-electron chi connectivity index (χ4n) is 2.18. The van der Waals surface area contributed by atoms with Gasteiger partial charge in [-0.25, -0.2) is 0 Å². The molecule has 3 rings (SSSR count). The van der Waals surface area contributed by atoms with Crippen LogP contribution >= 0.6 is 0 Å². The van der Waals surface area contributed by atoms with Gasteiger partial charge in [0.1, 0.15) is 17.1 Å². The Labute approximate surface area is 94.1 Å². The third-order valence-corrected chi connectivity index (χ3v) is 3.04. The molecule has 0 spiro atoms. The highest BCUT2D eigenvalue weighted by molar-refractivity contribution is 5.54. The van der Waals surface area contributed by atoms with Crippen molar-refractivity contribution in [1.29, 1.82) is 0 Å². The van der Waals surface area contributed by atoms with Crippen LogP contribution in [0.5, 0.6) is 11.5 Å². The summed E-state index contributed by atoms with van der Waals surface area (Å²) in [7, 11) is 0. The molecular formula is C14H12O2. The molecule has 80 valence electrons. The summed E-state index contributed by atoms with van der Waals surface area (Å²) in [4.78, 5) is 0. The maximum Gasteiger partial charge on any atom is 0.133 e. The molecule has 0 unspecified atom stereocenters. The van der Waals surface area contributed by atoms with Crippen LogP contribution in [0.3, 0.4) is 0 Å². The minimum absolute atomic E-state index is 0.728. The van der Waals surface area contributed by atoms with E-state index in [9.17, 15) is 5.11 Å². The SMILES string of the molecule is CC1(O)c2ccccc2Oc2ccccc21. The zero-order chi connectivity index (χ0) is 11.2. The first-order valence-electron chi connectivity index (χ1n) is 5.29. The van der Waals surface area contributed by atoms with E-state index in [1.807, 2.05) is 48.5 Å². The molecule has 0 fully saturated rings. The highest BCUT2D eigenvalue weighted by Crippen LogP contribution is 2.45.